The van der Waals surface area contributed by atoms with Crippen molar-refractivity contribution in [2.45, 2.75) is 38.1 Å². The molecule has 2 aromatic heterocycles. The van der Waals surface area contributed by atoms with Crippen molar-refractivity contribution < 1.29 is 4.42 Å². The maximum atomic E-state index is 5.98. The molecule has 0 unspecified atom stereocenters. The molecule has 4 nitrogen and oxygen atoms in total. The van der Waals surface area contributed by atoms with Gasteiger partial charge in [0, 0.05) is 12.1 Å². The molecule has 90 valence electrons. The van der Waals surface area contributed by atoms with Gasteiger partial charge >= 0.3 is 0 Å². The Kier molecular flexibility index (Phi) is 2.63. The van der Waals surface area contributed by atoms with Gasteiger partial charge < -0.3 is 15.5 Å². The maximum Gasteiger partial charge on any atom is 0.177 e. The Hall–Kier alpha value is -1.71. The number of nitrogens with two attached hydrogens (primary N) is 1. The van der Waals surface area contributed by atoms with Crippen molar-refractivity contribution in [2.24, 2.45) is 0 Å². The third-order valence-electron chi connectivity index (χ3n) is 3.46. The number of aromatic nitrogens is 1. The molecule has 1 aliphatic rings. The van der Waals surface area contributed by atoms with Crippen LogP contribution in [-0.2, 0) is 0 Å². The fourth-order valence-electron chi connectivity index (χ4n) is 2.53. The van der Waals surface area contributed by atoms with E-state index in [4.69, 9.17) is 10.2 Å². The minimum absolute atomic E-state index is 0.516. The number of anilines is 2. The first-order chi connectivity index (χ1) is 8.34. The molecular weight excluding hydrogens is 214 g/mol. The molecule has 1 fully saturated rings. The van der Waals surface area contributed by atoms with E-state index in [2.05, 4.69) is 10.3 Å². The second-order valence-corrected chi connectivity index (χ2v) is 4.70. The van der Waals surface area contributed by atoms with Crippen molar-refractivity contribution in [1.82, 2.24) is 4.98 Å². The van der Waals surface area contributed by atoms with E-state index in [1.807, 2.05) is 6.07 Å². The lowest BCUT2D eigenvalue weighted by atomic mass is 9.95. The molecule has 2 heterocycles. The molecule has 0 spiro atoms. The predicted octanol–water partition coefficient (Wildman–Crippen LogP) is 3.15. The zero-order valence-corrected chi connectivity index (χ0v) is 9.78. The Balaban J connectivity index is 1.92. The molecule has 2 aromatic rings. The van der Waals surface area contributed by atoms with Crippen LogP contribution in [0.3, 0.4) is 0 Å². The summed E-state index contributed by atoms with van der Waals surface area (Å²) in [6.45, 7) is 0. The maximum absolute atomic E-state index is 5.98. The highest BCUT2D eigenvalue weighted by atomic mass is 16.3. The molecule has 0 aliphatic heterocycles. The average Bonchev–Trinajstić information content (AvgIpc) is 2.83. The average molecular weight is 231 g/mol. The van der Waals surface area contributed by atoms with Crippen LogP contribution in [0.15, 0.2) is 22.9 Å². The molecule has 0 saturated heterocycles. The zero-order valence-electron chi connectivity index (χ0n) is 9.78. The summed E-state index contributed by atoms with van der Waals surface area (Å²) in [5.41, 5.74) is 9.18. The van der Waals surface area contributed by atoms with Gasteiger partial charge in [-0.1, -0.05) is 19.3 Å². The molecule has 4 heteroatoms. The van der Waals surface area contributed by atoms with Crippen LogP contribution in [0, 0.1) is 0 Å². The van der Waals surface area contributed by atoms with E-state index in [9.17, 15) is 0 Å². The minimum atomic E-state index is 0.516. The number of nitrogen functional groups attached to an aromatic ring is 1. The highest BCUT2D eigenvalue weighted by molar-refractivity contribution is 5.92. The van der Waals surface area contributed by atoms with Crippen LogP contribution >= 0.6 is 0 Å². The second kappa shape index (κ2) is 4.28. The van der Waals surface area contributed by atoms with Crippen LogP contribution in [0.4, 0.5) is 11.4 Å². The first-order valence-corrected chi connectivity index (χ1v) is 6.23. The molecule has 0 amide bonds. The molecule has 0 atom stereocenters. The van der Waals surface area contributed by atoms with Gasteiger partial charge in [-0.25, -0.2) is 0 Å². The summed E-state index contributed by atoms with van der Waals surface area (Å²) >= 11 is 0. The molecule has 17 heavy (non-hydrogen) atoms. The summed E-state index contributed by atoms with van der Waals surface area (Å²) < 4.78 is 5.47. The van der Waals surface area contributed by atoms with Crippen molar-refractivity contribution in [2.75, 3.05) is 11.1 Å². The summed E-state index contributed by atoms with van der Waals surface area (Å²) in [6, 6.07) is 2.38. The van der Waals surface area contributed by atoms with Crippen LogP contribution in [0.2, 0.25) is 0 Å². The van der Waals surface area contributed by atoms with Gasteiger partial charge in [0.1, 0.15) is 11.2 Å². The van der Waals surface area contributed by atoms with Crippen molar-refractivity contribution in [1.29, 1.82) is 0 Å². The molecule has 0 radical (unpaired) electrons. The number of rotatable bonds is 2. The van der Waals surface area contributed by atoms with E-state index in [1.54, 1.807) is 12.5 Å². The van der Waals surface area contributed by atoms with Crippen LogP contribution in [-0.4, -0.2) is 11.0 Å². The topological polar surface area (TPSA) is 64.1 Å². The molecule has 3 rings (SSSR count). The van der Waals surface area contributed by atoms with Gasteiger partial charge in [0.05, 0.1) is 18.1 Å². The lowest BCUT2D eigenvalue weighted by Crippen LogP contribution is -2.22. The lowest BCUT2D eigenvalue weighted by Gasteiger charge is -2.24. The van der Waals surface area contributed by atoms with Crippen LogP contribution < -0.4 is 11.1 Å². The predicted molar refractivity (Wildman–Crippen MR) is 68.9 cm³/mol. The quantitative estimate of drug-likeness (QED) is 0.833. The highest BCUT2D eigenvalue weighted by Crippen LogP contribution is 2.31. The Morgan fingerprint density at radius 1 is 1.29 bits per heavy atom. The summed E-state index contributed by atoms with van der Waals surface area (Å²) in [5, 5.41) is 3.52. The molecule has 0 bridgehead atoms. The fourth-order valence-corrected chi connectivity index (χ4v) is 2.53. The van der Waals surface area contributed by atoms with E-state index < -0.39 is 0 Å². The van der Waals surface area contributed by atoms with Gasteiger partial charge in [0.2, 0.25) is 0 Å². The summed E-state index contributed by atoms with van der Waals surface area (Å²) in [6.07, 6.45) is 9.72. The SMILES string of the molecule is Nc1cnc2ccoc2c1NC1CCCCC1. The first kappa shape index (κ1) is 10.4. The Labute approximate surface area is 100 Å². The van der Waals surface area contributed by atoms with Crippen molar-refractivity contribution in [3.63, 3.8) is 0 Å². The van der Waals surface area contributed by atoms with Gasteiger partial charge in [-0.2, -0.15) is 0 Å². The van der Waals surface area contributed by atoms with Gasteiger partial charge in [-0.05, 0) is 12.8 Å². The van der Waals surface area contributed by atoms with Gasteiger partial charge in [0.25, 0.3) is 0 Å². The largest absolute Gasteiger partial charge is 0.460 e. The number of nitrogens with one attached hydrogen (secondary N) is 1. The van der Waals surface area contributed by atoms with Gasteiger partial charge in [-0.3, -0.25) is 4.98 Å². The lowest BCUT2D eigenvalue weighted by molar-refractivity contribution is 0.462. The van der Waals surface area contributed by atoms with Crippen LogP contribution in [0.1, 0.15) is 32.1 Å². The molecule has 1 aliphatic carbocycles. The number of hydrogen-bond donors (Lipinski definition) is 2. The Morgan fingerprint density at radius 2 is 2.12 bits per heavy atom. The van der Waals surface area contributed by atoms with E-state index >= 15 is 0 Å². The van der Waals surface area contributed by atoms with Gasteiger partial charge in [0.15, 0.2) is 5.58 Å². The molecular formula is C13H17N3O. The smallest absolute Gasteiger partial charge is 0.177 e. The third kappa shape index (κ3) is 1.95. The Bertz CT molecular complexity index is 514. The normalized spacial score (nSPS) is 17.4. The van der Waals surface area contributed by atoms with E-state index in [0.717, 1.165) is 16.8 Å². The van der Waals surface area contributed by atoms with Crippen molar-refractivity contribution in [3.05, 3.63) is 18.5 Å². The van der Waals surface area contributed by atoms with Crippen molar-refractivity contribution in [3.8, 4) is 0 Å². The van der Waals surface area contributed by atoms with Gasteiger partial charge in [-0.15, -0.1) is 0 Å². The van der Waals surface area contributed by atoms with E-state index in [1.165, 1.54) is 32.1 Å². The summed E-state index contributed by atoms with van der Waals surface area (Å²) in [4.78, 5) is 4.24. The number of fused-ring (bicyclic) bond motifs is 1. The molecule has 0 aromatic carbocycles. The molecule has 1 saturated carbocycles. The van der Waals surface area contributed by atoms with Crippen LogP contribution in [0.5, 0.6) is 0 Å². The van der Waals surface area contributed by atoms with Crippen LogP contribution in [0.25, 0.3) is 11.1 Å². The highest BCUT2D eigenvalue weighted by Gasteiger charge is 2.17. The number of pyridine rings is 1. The second-order valence-electron chi connectivity index (χ2n) is 4.70. The van der Waals surface area contributed by atoms with Crippen molar-refractivity contribution >= 4 is 22.5 Å². The summed E-state index contributed by atoms with van der Waals surface area (Å²) in [5.74, 6) is 0. The monoisotopic (exact) mass is 231 g/mol. The first-order valence-electron chi connectivity index (χ1n) is 6.23. The third-order valence-corrected chi connectivity index (χ3v) is 3.46. The summed E-state index contributed by atoms with van der Waals surface area (Å²) in [7, 11) is 0. The number of nitrogens with zero attached hydrogens (tertiary/aromatic N) is 1. The standard InChI is InChI=1S/C13H17N3O/c14-10-8-15-11-6-7-17-13(11)12(10)16-9-4-2-1-3-5-9/h6-9H,1-5,14H2,(H,15,16). The molecule has 3 N–H and O–H groups in total. The van der Waals surface area contributed by atoms with E-state index in [0.29, 0.717) is 11.7 Å². The number of hydrogen-bond acceptors (Lipinski definition) is 4. The Morgan fingerprint density at radius 3 is 2.94 bits per heavy atom. The fraction of sp³-hybridized carbons (Fsp3) is 0.462. The van der Waals surface area contributed by atoms with E-state index in [-0.39, 0.29) is 0 Å². The minimum Gasteiger partial charge on any atom is -0.460 e. The number of furan rings is 1. The zero-order chi connectivity index (χ0) is 11.7.